The molecule has 0 saturated carbocycles. The normalized spacial score (nSPS) is 14.0. The van der Waals surface area contributed by atoms with Gasteiger partial charge in [0, 0.05) is 6.26 Å². The molecule has 2 nitrogen and oxygen atoms in total. The summed E-state index contributed by atoms with van der Waals surface area (Å²) in [6.07, 6.45) is 2.45. The summed E-state index contributed by atoms with van der Waals surface area (Å²) in [5, 5.41) is 0. The minimum absolute atomic E-state index is 0.600. The molecule has 0 N–H and O–H groups in total. The van der Waals surface area contributed by atoms with E-state index in [1.165, 1.54) is 6.26 Å². The van der Waals surface area contributed by atoms with Gasteiger partial charge in [-0.05, 0) is 6.42 Å². The van der Waals surface area contributed by atoms with E-state index in [0.29, 0.717) is 6.61 Å². The molecule has 0 saturated heterocycles. The van der Waals surface area contributed by atoms with E-state index in [-0.39, 0.29) is 0 Å². The van der Waals surface area contributed by atoms with Gasteiger partial charge in [-0.15, -0.1) is 0 Å². The van der Waals surface area contributed by atoms with Gasteiger partial charge in [0.1, 0.15) is 0 Å². The molecule has 1 unspecified atom stereocenters. The van der Waals surface area contributed by atoms with Crippen LogP contribution in [0.5, 0.6) is 0 Å². The molecule has 0 bridgehead atoms. The molecule has 0 aromatic carbocycles. The number of hydrogen-bond acceptors (Lipinski definition) is 2. The highest BCUT2D eigenvalue weighted by Crippen LogP contribution is 1.81. The molecular formula is C4H10O2S. The van der Waals surface area contributed by atoms with E-state index >= 15 is 0 Å². The maximum Gasteiger partial charge on any atom is 0.152 e. The van der Waals surface area contributed by atoms with E-state index in [0.717, 1.165) is 6.42 Å². The Labute approximate surface area is 46.5 Å². The third-order valence-electron chi connectivity index (χ3n) is 0.453. The van der Waals surface area contributed by atoms with Crippen molar-refractivity contribution in [3.8, 4) is 0 Å². The van der Waals surface area contributed by atoms with Gasteiger partial charge in [-0.1, -0.05) is 6.92 Å². The molecule has 0 heterocycles. The molecule has 0 amide bonds. The predicted molar refractivity (Wildman–Crippen MR) is 30.3 cm³/mol. The van der Waals surface area contributed by atoms with Crippen molar-refractivity contribution in [2.24, 2.45) is 0 Å². The van der Waals surface area contributed by atoms with E-state index < -0.39 is 11.1 Å². The lowest BCUT2D eigenvalue weighted by molar-refractivity contribution is 0.350. The van der Waals surface area contributed by atoms with Gasteiger partial charge in [0.05, 0.1) is 6.61 Å². The average Bonchev–Trinajstić information content (AvgIpc) is 1.61. The smallest absolute Gasteiger partial charge is 0.152 e. The second kappa shape index (κ2) is 4.27. The van der Waals surface area contributed by atoms with E-state index in [9.17, 15) is 4.21 Å². The predicted octanol–water partition coefficient (Wildman–Crippen LogP) is 0.707. The van der Waals surface area contributed by atoms with Gasteiger partial charge in [-0.25, -0.2) is 4.21 Å². The van der Waals surface area contributed by atoms with Crippen LogP contribution in [0.2, 0.25) is 0 Å². The van der Waals surface area contributed by atoms with Crippen molar-refractivity contribution in [3.63, 3.8) is 0 Å². The molecule has 44 valence electrons. The van der Waals surface area contributed by atoms with Crippen LogP contribution in [-0.2, 0) is 15.3 Å². The van der Waals surface area contributed by atoms with Crippen LogP contribution in [0, 0.1) is 0 Å². The first-order valence-electron chi connectivity index (χ1n) is 2.24. The summed E-state index contributed by atoms with van der Waals surface area (Å²) < 4.78 is 14.8. The fraction of sp³-hybridized carbons (Fsp3) is 1.00. The van der Waals surface area contributed by atoms with E-state index in [1.807, 2.05) is 6.92 Å². The van der Waals surface area contributed by atoms with Gasteiger partial charge in [-0.3, -0.25) is 4.18 Å². The Kier molecular flexibility index (Phi) is 4.34. The minimum Gasteiger partial charge on any atom is -0.291 e. The Balaban J connectivity index is 2.82. The first-order chi connectivity index (χ1) is 3.27. The molecule has 0 aliphatic rings. The largest absolute Gasteiger partial charge is 0.291 e. The summed E-state index contributed by atoms with van der Waals surface area (Å²) in [7, 11) is 0. The SMILES string of the molecule is CCCOS(C)=O. The van der Waals surface area contributed by atoms with E-state index in [1.54, 1.807) is 0 Å². The van der Waals surface area contributed by atoms with Gasteiger partial charge >= 0.3 is 0 Å². The van der Waals surface area contributed by atoms with Crippen molar-refractivity contribution in [2.45, 2.75) is 13.3 Å². The minimum atomic E-state index is -1.07. The second-order valence-electron chi connectivity index (χ2n) is 1.22. The summed E-state index contributed by atoms with van der Waals surface area (Å²) in [6.45, 7) is 2.58. The summed E-state index contributed by atoms with van der Waals surface area (Å²) in [5.41, 5.74) is 0. The van der Waals surface area contributed by atoms with Crippen molar-refractivity contribution in [2.75, 3.05) is 12.9 Å². The van der Waals surface area contributed by atoms with Crippen LogP contribution >= 0.6 is 0 Å². The first-order valence-corrected chi connectivity index (χ1v) is 3.72. The van der Waals surface area contributed by atoms with Crippen LogP contribution in [0.1, 0.15) is 13.3 Å². The highest BCUT2D eigenvalue weighted by atomic mass is 32.2. The van der Waals surface area contributed by atoms with Crippen molar-refractivity contribution >= 4 is 11.1 Å². The van der Waals surface area contributed by atoms with Gasteiger partial charge in [0.15, 0.2) is 11.1 Å². The lowest BCUT2D eigenvalue weighted by Gasteiger charge is -1.91. The third-order valence-corrected chi connectivity index (χ3v) is 0.952. The highest BCUT2D eigenvalue weighted by molar-refractivity contribution is 7.79. The maximum atomic E-state index is 10.1. The van der Waals surface area contributed by atoms with Gasteiger partial charge in [0.25, 0.3) is 0 Å². The summed E-state index contributed by atoms with van der Waals surface area (Å²) in [5.74, 6) is 0. The van der Waals surface area contributed by atoms with Crippen LogP contribution < -0.4 is 0 Å². The van der Waals surface area contributed by atoms with Crippen molar-refractivity contribution < 1.29 is 8.39 Å². The topological polar surface area (TPSA) is 26.3 Å². The Bertz CT molecular complexity index is 62.7. The molecule has 1 atom stereocenters. The molecule has 0 fully saturated rings. The molecule has 0 spiro atoms. The molecule has 7 heavy (non-hydrogen) atoms. The lowest BCUT2D eigenvalue weighted by atomic mass is 10.5. The van der Waals surface area contributed by atoms with E-state index in [2.05, 4.69) is 4.18 Å². The molecule has 0 aliphatic carbocycles. The van der Waals surface area contributed by atoms with Crippen molar-refractivity contribution in [1.29, 1.82) is 0 Å². The average molecular weight is 122 g/mol. The molecular weight excluding hydrogens is 112 g/mol. The number of rotatable bonds is 3. The Morgan fingerprint density at radius 3 is 2.43 bits per heavy atom. The highest BCUT2D eigenvalue weighted by Gasteiger charge is 1.83. The Morgan fingerprint density at radius 1 is 1.71 bits per heavy atom. The fourth-order valence-corrected chi connectivity index (χ4v) is 0.602. The van der Waals surface area contributed by atoms with Gasteiger partial charge in [0.2, 0.25) is 0 Å². The van der Waals surface area contributed by atoms with Gasteiger partial charge < -0.3 is 0 Å². The third kappa shape index (κ3) is 6.11. The number of hydrogen-bond donors (Lipinski definition) is 0. The molecule has 0 rings (SSSR count). The second-order valence-corrected chi connectivity index (χ2v) is 2.26. The summed E-state index contributed by atoms with van der Waals surface area (Å²) in [4.78, 5) is 0. The van der Waals surface area contributed by atoms with Gasteiger partial charge in [-0.2, -0.15) is 0 Å². The summed E-state index contributed by atoms with van der Waals surface area (Å²) in [6, 6.07) is 0. The fourth-order valence-electron chi connectivity index (χ4n) is 0.201. The van der Waals surface area contributed by atoms with Crippen LogP contribution in [0.3, 0.4) is 0 Å². The Morgan fingerprint density at radius 2 is 2.29 bits per heavy atom. The van der Waals surface area contributed by atoms with Crippen LogP contribution in [0.4, 0.5) is 0 Å². The van der Waals surface area contributed by atoms with Crippen molar-refractivity contribution in [1.82, 2.24) is 0 Å². The zero-order chi connectivity index (χ0) is 5.70. The molecule has 3 heteroatoms. The quantitative estimate of drug-likeness (QED) is 0.551. The summed E-state index contributed by atoms with van der Waals surface area (Å²) >= 11 is -1.07. The Hall–Kier alpha value is 0.110. The van der Waals surface area contributed by atoms with Crippen molar-refractivity contribution in [3.05, 3.63) is 0 Å². The molecule has 0 aliphatic heterocycles. The standard InChI is InChI=1S/C4H10O2S/c1-3-4-6-7(2)5/h3-4H2,1-2H3. The zero-order valence-electron chi connectivity index (χ0n) is 4.64. The molecule has 0 radical (unpaired) electrons. The maximum absolute atomic E-state index is 10.1. The van der Waals surface area contributed by atoms with Crippen LogP contribution in [0.15, 0.2) is 0 Å². The molecule has 0 aromatic rings. The molecule has 0 aromatic heterocycles. The first kappa shape index (κ1) is 7.11. The van der Waals surface area contributed by atoms with E-state index in [4.69, 9.17) is 0 Å². The lowest BCUT2D eigenvalue weighted by Crippen LogP contribution is -1.93. The monoisotopic (exact) mass is 122 g/mol. The van der Waals surface area contributed by atoms with Crippen LogP contribution in [-0.4, -0.2) is 17.1 Å². The van der Waals surface area contributed by atoms with Crippen LogP contribution in [0.25, 0.3) is 0 Å². The zero-order valence-corrected chi connectivity index (χ0v) is 5.46.